The third kappa shape index (κ3) is 2.36. The number of hydrogen-bond donors (Lipinski definition) is 0. The van der Waals surface area contributed by atoms with Crippen molar-refractivity contribution < 1.29 is 4.74 Å². The highest BCUT2D eigenvalue weighted by atomic mass is 79.9. The minimum absolute atomic E-state index is 0.133. The van der Waals surface area contributed by atoms with E-state index in [-0.39, 0.29) is 10.9 Å². The SMILES string of the molecule is CC(Cl)c1nc2cc(Br)cnc2n1C1(C)CCCOC1. The van der Waals surface area contributed by atoms with E-state index in [0.29, 0.717) is 6.61 Å². The fraction of sp³-hybridized carbons (Fsp3) is 0.571. The van der Waals surface area contributed by atoms with E-state index in [1.807, 2.05) is 13.0 Å². The Balaban J connectivity index is 2.23. The zero-order chi connectivity index (χ0) is 14.3. The Morgan fingerprint density at radius 3 is 3.00 bits per heavy atom. The molecule has 0 spiro atoms. The van der Waals surface area contributed by atoms with Gasteiger partial charge in [0.1, 0.15) is 11.3 Å². The molecule has 1 aliphatic heterocycles. The quantitative estimate of drug-likeness (QED) is 0.761. The van der Waals surface area contributed by atoms with Crippen LogP contribution in [0.3, 0.4) is 0 Å². The molecule has 0 bridgehead atoms. The largest absolute Gasteiger partial charge is 0.379 e. The van der Waals surface area contributed by atoms with Crippen LogP contribution >= 0.6 is 27.5 Å². The molecule has 0 amide bonds. The van der Waals surface area contributed by atoms with Crippen molar-refractivity contribution in [3.8, 4) is 0 Å². The Morgan fingerprint density at radius 1 is 1.55 bits per heavy atom. The molecule has 2 aromatic heterocycles. The summed E-state index contributed by atoms with van der Waals surface area (Å²) in [4.78, 5) is 9.22. The number of fused-ring (bicyclic) bond motifs is 1. The first kappa shape index (κ1) is 14.3. The number of hydrogen-bond acceptors (Lipinski definition) is 3. The van der Waals surface area contributed by atoms with Crippen molar-refractivity contribution in [2.24, 2.45) is 0 Å². The molecule has 1 fully saturated rings. The zero-order valence-corrected chi connectivity index (χ0v) is 13.9. The molecule has 0 N–H and O–H groups in total. The summed E-state index contributed by atoms with van der Waals surface area (Å²) >= 11 is 9.78. The molecular formula is C14H17BrClN3O. The van der Waals surface area contributed by atoms with E-state index in [1.165, 1.54) is 0 Å². The number of pyridine rings is 1. The summed E-state index contributed by atoms with van der Waals surface area (Å²) in [5.74, 6) is 0.861. The van der Waals surface area contributed by atoms with Gasteiger partial charge in [-0.05, 0) is 48.7 Å². The average Bonchev–Trinajstić information content (AvgIpc) is 2.79. The fourth-order valence-corrected chi connectivity index (χ4v) is 3.32. The number of imidazole rings is 1. The van der Waals surface area contributed by atoms with Crippen molar-refractivity contribution in [3.63, 3.8) is 0 Å². The van der Waals surface area contributed by atoms with Gasteiger partial charge in [-0.2, -0.15) is 0 Å². The number of alkyl halides is 1. The predicted octanol–water partition coefficient (Wildman–Crippen LogP) is 4.02. The lowest BCUT2D eigenvalue weighted by Gasteiger charge is -2.36. The lowest BCUT2D eigenvalue weighted by molar-refractivity contribution is 0.00988. The molecule has 0 radical (unpaired) electrons. The molecule has 0 aromatic carbocycles. The van der Waals surface area contributed by atoms with Crippen LogP contribution < -0.4 is 0 Å². The number of rotatable bonds is 2. The van der Waals surface area contributed by atoms with Crippen molar-refractivity contribution in [3.05, 3.63) is 22.6 Å². The summed E-state index contributed by atoms with van der Waals surface area (Å²) in [5, 5.41) is -0.165. The Labute approximate surface area is 131 Å². The van der Waals surface area contributed by atoms with E-state index in [1.54, 1.807) is 6.20 Å². The number of nitrogens with zero attached hydrogens (tertiary/aromatic N) is 3. The smallest absolute Gasteiger partial charge is 0.160 e. The summed E-state index contributed by atoms with van der Waals surface area (Å²) in [6, 6.07) is 1.98. The first-order chi connectivity index (χ1) is 9.51. The highest BCUT2D eigenvalue weighted by Crippen LogP contribution is 2.35. The minimum atomic E-state index is -0.165. The maximum Gasteiger partial charge on any atom is 0.160 e. The molecule has 3 rings (SSSR count). The molecule has 6 heteroatoms. The van der Waals surface area contributed by atoms with E-state index in [9.17, 15) is 0 Å². The second-order valence-electron chi connectivity index (χ2n) is 5.57. The van der Waals surface area contributed by atoms with Crippen molar-refractivity contribution in [1.29, 1.82) is 0 Å². The van der Waals surface area contributed by atoms with Gasteiger partial charge in [-0.1, -0.05) is 0 Å². The van der Waals surface area contributed by atoms with Gasteiger partial charge < -0.3 is 9.30 Å². The standard InChI is InChI=1S/C14H17BrClN3O/c1-9(16)12-18-11-6-10(15)7-17-13(11)19(12)14(2)4-3-5-20-8-14/h6-7,9H,3-5,8H2,1-2H3. The molecule has 108 valence electrons. The van der Waals surface area contributed by atoms with Crippen molar-refractivity contribution in [2.75, 3.05) is 13.2 Å². The predicted molar refractivity (Wildman–Crippen MR) is 83.2 cm³/mol. The third-order valence-electron chi connectivity index (χ3n) is 3.80. The first-order valence-corrected chi connectivity index (χ1v) is 8.00. The summed E-state index contributed by atoms with van der Waals surface area (Å²) in [7, 11) is 0. The topological polar surface area (TPSA) is 39.9 Å². The van der Waals surface area contributed by atoms with E-state index in [4.69, 9.17) is 16.3 Å². The second kappa shape index (κ2) is 5.28. The van der Waals surface area contributed by atoms with Crippen molar-refractivity contribution >= 4 is 38.7 Å². The molecule has 2 aromatic rings. The molecule has 3 heterocycles. The van der Waals surface area contributed by atoms with Gasteiger partial charge in [0.05, 0.1) is 17.5 Å². The summed E-state index contributed by atoms with van der Waals surface area (Å²) in [6.45, 7) is 5.64. The van der Waals surface area contributed by atoms with Gasteiger partial charge in [-0.3, -0.25) is 0 Å². The summed E-state index contributed by atoms with van der Waals surface area (Å²) in [5.41, 5.74) is 1.61. The van der Waals surface area contributed by atoms with Crippen LogP contribution in [0.15, 0.2) is 16.7 Å². The zero-order valence-electron chi connectivity index (χ0n) is 11.6. The average molecular weight is 359 g/mol. The van der Waals surface area contributed by atoms with Crippen LogP contribution in [-0.4, -0.2) is 27.7 Å². The van der Waals surface area contributed by atoms with Crippen molar-refractivity contribution in [2.45, 2.75) is 37.6 Å². The molecule has 1 aliphatic rings. The monoisotopic (exact) mass is 357 g/mol. The van der Waals surface area contributed by atoms with Gasteiger partial charge in [0.15, 0.2) is 5.65 Å². The molecular weight excluding hydrogens is 342 g/mol. The van der Waals surface area contributed by atoms with Gasteiger partial charge in [0.2, 0.25) is 0 Å². The lowest BCUT2D eigenvalue weighted by atomic mass is 9.94. The second-order valence-corrected chi connectivity index (χ2v) is 7.14. The first-order valence-electron chi connectivity index (χ1n) is 6.77. The lowest BCUT2D eigenvalue weighted by Crippen LogP contribution is -2.40. The number of halogens is 2. The molecule has 0 aliphatic carbocycles. The number of ether oxygens (including phenoxy) is 1. The van der Waals surface area contributed by atoms with Gasteiger partial charge in [-0.25, -0.2) is 9.97 Å². The highest BCUT2D eigenvalue weighted by Gasteiger charge is 2.34. The molecule has 2 unspecified atom stereocenters. The van der Waals surface area contributed by atoms with E-state index >= 15 is 0 Å². The molecule has 0 saturated carbocycles. The van der Waals surface area contributed by atoms with Gasteiger partial charge in [0, 0.05) is 17.3 Å². The fourth-order valence-electron chi connectivity index (χ4n) is 2.85. The Morgan fingerprint density at radius 2 is 2.35 bits per heavy atom. The van der Waals surface area contributed by atoms with Crippen LogP contribution in [0.1, 0.15) is 37.9 Å². The maximum absolute atomic E-state index is 6.34. The van der Waals surface area contributed by atoms with E-state index < -0.39 is 0 Å². The normalized spacial score (nSPS) is 25.0. The molecule has 2 atom stereocenters. The van der Waals surface area contributed by atoms with Crippen molar-refractivity contribution in [1.82, 2.24) is 14.5 Å². The van der Waals surface area contributed by atoms with E-state index in [0.717, 1.165) is 40.9 Å². The molecule has 20 heavy (non-hydrogen) atoms. The Kier molecular flexibility index (Phi) is 3.77. The van der Waals surface area contributed by atoms with Gasteiger partial charge in [0.25, 0.3) is 0 Å². The molecule has 4 nitrogen and oxygen atoms in total. The van der Waals surface area contributed by atoms with Crippen LogP contribution in [0.2, 0.25) is 0 Å². The van der Waals surface area contributed by atoms with Crippen LogP contribution in [0.5, 0.6) is 0 Å². The van der Waals surface area contributed by atoms with Crippen LogP contribution in [0.25, 0.3) is 11.2 Å². The Bertz CT molecular complexity index is 635. The summed E-state index contributed by atoms with van der Waals surface area (Å²) < 4.78 is 8.78. The van der Waals surface area contributed by atoms with Crippen LogP contribution in [0, 0.1) is 0 Å². The minimum Gasteiger partial charge on any atom is -0.379 e. The Hall–Kier alpha value is -0.650. The molecule has 1 saturated heterocycles. The number of aromatic nitrogens is 3. The van der Waals surface area contributed by atoms with Crippen LogP contribution in [-0.2, 0) is 10.3 Å². The highest BCUT2D eigenvalue weighted by molar-refractivity contribution is 9.10. The van der Waals surface area contributed by atoms with Crippen LogP contribution in [0.4, 0.5) is 0 Å². The maximum atomic E-state index is 6.34. The van der Waals surface area contributed by atoms with Gasteiger partial charge in [-0.15, -0.1) is 11.6 Å². The third-order valence-corrected chi connectivity index (χ3v) is 4.43. The van der Waals surface area contributed by atoms with E-state index in [2.05, 4.69) is 37.4 Å². The summed E-state index contributed by atoms with van der Waals surface area (Å²) in [6.07, 6.45) is 3.89. The van der Waals surface area contributed by atoms with Gasteiger partial charge >= 0.3 is 0 Å².